The van der Waals surface area contributed by atoms with Gasteiger partial charge in [0.05, 0.1) is 0 Å². The summed E-state index contributed by atoms with van der Waals surface area (Å²) in [4.78, 5) is 0. The van der Waals surface area contributed by atoms with Gasteiger partial charge in [0.1, 0.15) is 0 Å². The Morgan fingerprint density at radius 3 is 2.00 bits per heavy atom. The third-order valence-corrected chi connectivity index (χ3v) is 3.11. The number of hydrogen-bond donors (Lipinski definition) is 0. The van der Waals surface area contributed by atoms with Crippen LogP contribution in [-0.4, -0.2) is 15.2 Å². The lowest BCUT2D eigenvalue weighted by Gasteiger charge is -2.06. The molecule has 0 amide bonds. The van der Waals surface area contributed by atoms with E-state index >= 15 is 0 Å². The van der Waals surface area contributed by atoms with Crippen molar-refractivity contribution < 1.29 is 4.21 Å². The maximum atomic E-state index is 11.2. The molecule has 1 nitrogen and oxygen atoms in total. The van der Waals surface area contributed by atoms with Gasteiger partial charge in [0.2, 0.25) is 0 Å². The van der Waals surface area contributed by atoms with Crippen molar-refractivity contribution >= 4 is 10.8 Å². The third kappa shape index (κ3) is 4.98. The molecular formula is C8H18OS. The Balaban J connectivity index is 3.40. The maximum absolute atomic E-state index is 11.2. The summed E-state index contributed by atoms with van der Waals surface area (Å²) in [5, 5.41) is 0.332. The minimum Gasteiger partial charge on any atom is -0.259 e. The van der Waals surface area contributed by atoms with Crippen LogP contribution in [0.15, 0.2) is 0 Å². The second-order valence-electron chi connectivity index (χ2n) is 3.32. The van der Waals surface area contributed by atoms with E-state index in [1.54, 1.807) is 0 Å². The van der Waals surface area contributed by atoms with Crippen LogP contribution < -0.4 is 0 Å². The van der Waals surface area contributed by atoms with Crippen molar-refractivity contribution in [2.75, 3.05) is 5.75 Å². The highest BCUT2D eigenvalue weighted by Gasteiger charge is 2.04. The Morgan fingerprint density at radius 2 is 1.70 bits per heavy atom. The van der Waals surface area contributed by atoms with E-state index in [2.05, 4.69) is 13.8 Å². The molecule has 1 unspecified atom stereocenters. The zero-order valence-electron chi connectivity index (χ0n) is 7.39. The zero-order chi connectivity index (χ0) is 8.15. The van der Waals surface area contributed by atoms with E-state index in [4.69, 9.17) is 0 Å². The lowest BCUT2D eigenvalue weighted by molar-refractivity contribution is 0.617. The van der Waals surface area contributed by atoms with Crippen LogP contribution in [0.4, 0.5) is 0 Å². The van der Waals surface area contributed by atoms with E-state index in [0.717, 1.165) is 12.2 Å². The van der Waals surface area contributed by atoms with Gasteiger partial charge in [-0.3, -0.25) is 4.21 Å². The van der Waals surface area contributed by atoms with Gasteiger partial charge in [-0.15, -0.1) is 0 Å². The lowest BCUT2D eigenvalue weighted by atomic mass is 10.2. The Hall–Kier alpha value is 0.150. The van der Waals surface area contributed by atoms with Crippen LogP contribution in [0, 0.1) is 5.92 Å². The second kappa shape index (κ2) is 4.89. The van der Waals surface area contributed by atoms with Crippen LogP contribution in [-0.2, 0) is 10.8 Å². The van der Waals surface area contributed by atoms with Gasteiger partial charge in [0, 0.05) is 21.8 Å². The molecule has 0 heterocycles. The van der Waals surface area contributed by atoms with Gasteiger partial charge < -0.3 is 0 Å². The molecule has 62 valence electrons. The fourth-order valence-corrected chi connectivity index (χ4v) is 1.76. The molecule has 0 saturated heterocycles. The molecule has 0 rings (SSSR count). The van der Waals surface area contributed by atoms with Gasteiger partial charge in [0.15, 0.2) is 0 Å². The molecule has 0 fully saturated rings. The SMILES string of the molecule is CC(C)CCS(=O)C(C)C. The maximum Gasteiger partial charge on any atom is 0.0291 e. The van der Waals surface area contributed by atoms with Crippen molar-refractivity contribution in [3.05, 3.63) is 0 Å². The van der Waals surface area contributed by atoms with Crippen LogP contribution in [0.2, 0.25) is 0 Å². The Morgan fingerprint density at radius 1 is 1.20 bits per heavy atom. The van der Waals surface area contributed by atoms with E-state index in [-0.39, 0.29) is 0 Å². The molecule has 0 spiro atoms. The first kappa shape index (κ1) is 10.2. The van der Waals surface area contributed by atoms with E-state index in [0.29, 0.717) is 11.2 Å². The van der Waals surface area contributed by atoms with Crippen LogP contribution in [0.25, 0.3) is 0 Å². The van der Waals surface area contributed by atoms with E-state index in [9.17, 15) is 4.21 Å². The van der Waals surface area contributed by atoms with Gasteiger partial charge in [-0.25, -0.2) is 0 Å². The molecule has 0 N–H and O–H groups in total. The van der Waals surface area contributed by atoms with Crippen LogP contribution in [0.5, 0.6) is 0 Å². The highest BCUT2D eigenvalue weighted by atomic mass is 32.2. The first-order chi connectivity index (χ1) is 4.54. The molecule has 0 saturated carbocycles. The van der Waals surface area contributed by atoms with Crippen LogP contribution in [0.1, 0.15) is 34.1 Å². The lowest BCUT2D eigenvalue weighted by Crippen LogP contribution is -2.10. The Kier molecular flexibility index (Phi) is 4.96. The summed E-state index contributed by atoms with van der Waals surface area (Å²) in [7, 11) is -0.592. The Labute approximate surface area is 66.7 Å². The largest absolute Gasteiger partial charge is 0.259 e. The van der Waals surface area contributed by atoms with Crippen molar-refractivity contribution in [1.82, 2.24) is 0 Å². The summed E-state index contributed by atoms with van der Waals surface area (Å²) >= 11 is 0. The number of rotatable bonds is 4. The minimum atomic E-state index is -0.592. The first-order valence-electron chi connectivity index (χ1n) is 3.91. The summed E-state index contributed by atoms with van der Waals surface area (Å²) in [6, 6.07) is 0. The zero-order valence-corrected chi connectivity index (χ0v) is 8.20. The average Bonchev–Trinajstić information content (AvgIpc) is 1.82. The summed E-state index contributed by atoms with van der Waals surface area (Å²) in [5.74, 6) is 1.55. The average molecular weight is 162 g/mol. The monoisotopic (exact) mass is 162 g/mol. The van der Waals surface area contributed by atoms with Crippen molar-refractivity contribution in [3.63, 3.8) is 0 Å². The molecule has 0 aliphatic heterocycles. The summed E-state index contributed by atoms with van der Waals surface area (Å²) in [6.07, 6.45) is 1.09. The van der Waals surface area contributed by atoms with Crippen molar-refractivity contribution in [2.24, 2.45) is 5.92 Å². The summed E-state index contributed by atoms with van der Waals surface area (Å²) in [5.41, 5.74) is 0. The molecule has 0 aliphatic rings. The van der Waals surface area contributed by atoms with Crippen molar-refractivity contribution in [2.45, 2.75) is 39.4 Å². The van der Waals surface area contributed by atoms with Crippen molar-refractivity contribution in [1.29, 1.82) is 0 Å². The fraction of sp³-hybridized carbons (Fsp3) is 1.00. The fourth-order valence-electron chi connectivity index (χ4n) is 0.588. The molecule has 0 aliphatic carbocycles. The van der Waals surface area contributed by atoms with Gasteiger partial charge >= 0.3 is 0 Å². The topological polar surface area (TPSA) is 17.1 Å². The molecule has 10 heavy (non-hydrogen) atoms. The predicted molar refractivity (Wildman–Crippen MR) is 47.6 cm³/mol. The van der Waals surface area contributed by atoms with Gasteiger partial charge in [-0.2, -0.15) is 0 Å². The molecule has 0 aromatic heterocycles. The molecule has 0 radical (unpaired) electrons. The third-order valence-electron chi connectivity index (χ3n) is 1.42. The molecule has 2 heteroatoms. The smallest absolute Gasteiger partial charge is 0.0291 e. The highest BCUT2D eigenvalue weighted by molar-refractivity contribution is 7.85. The summed E-state index contributed by atoms with van der Waals surface area (Å²) < 4.78 is 11.2. The first-order valence-corrected chi connectivity index (χ1v) is 5.29. The van der Waals surface area contributed by atoms with Gasteiger partial charge in [-0.1, -0.05) is 27.7 Å². The van der Waals surface area contributed by atoms with Gasteiger partial charge in [0.25, 0.3) is 0 Å². The quantitative estimate of drug-likeness (QED) is 0.619. The second-order valence-corrected chi connectivity index (χ2v) is 5.43. The van der Waals surface area contributed by atoms with Crippen molar-refractivity contribution in [3.8, 4) is 0 Å². The Bertz CT molecular complexity index is 108. The van der Waals surface area contributed by atoms with Crippen LogP contribution >= 0.6 is 0 Å². The predicted octanol–water partition coefficient (Wildman–Crippen LogP) is 2.19. The molecule has 0 aromatic rings. The van der Waals surface area contributed by atoms with E-state index < -0.39 is 10.8 Å². The highest BCUT2D eigenvalue weighted by Crippen LogP contribution is 2.03. The van der Waals surface area contributed by atoms with Gasteiger partial charge in [-0.05, 0) is 12.3 Å². The van der Waals surface area contributed by atoms with E-state index in [1.807, 2.05) is 13.8 Å². The molecule has 1 atom stereocenters. The molecule has 0 aromatic carbocycles. The van der Waals surface area contributed by atoms with E-state index in [1.165, 1.54) is 0 Å². The molecular weight excluding hydrogens is 144 g/mol. The molecule has 0 bridgehead atoms. The van der Waals surface area contributed by atoms with Crippen LogP contribution in [0.3, 0.4) is 0 Å². The minimum absolute atomic E-state index is 0.332. The summed E-state index contributed by atoms with van der Waals surface area (Å²) in [6.45, 7) is 8.35. The standard InChI is InChI=1S/C8H18OS/c1-7(2)5-6-10(9)8(3)4/h7-8H,5-6H2,1-4H3. The number of hydrogen-bond acceptors (Lipinski definition) is 1. The normalized spacial score (nSPS) is 14.6.